The first-order valence-electron chi connectivity index (χ1n) is 5.89. The number of aromatic amines is 1. The summed E-state index contributed by atoms with van der Waals surface area (Å²) in [6, 6.07) is 6.08. The highest BCUT2D eigenvalue weighted by Crippen LogP contribution is 2.19. The number of β-amino-alcohol motifs (C(OH)–C–C–N with tert-alkyl or cyclic N) is 1. The number of likely N-dealkylation sites (tertiary alicyclic amines) is 1. The Morgan fingerprint density at radius 3 is 3.00 bits per heavy atom. The number of aromatic nitrogens is 1. The van der Waals surface area contributed by atoms with Gasteiger partial charge < -0.3 is 15.0 Å². The Hall–Kier alpha value is -1.88. The van der Waals surface area contributed by atoms with Gasteiger partial charge in [0.05, 0.1) is 6.10 Å². The molecule has 2 N–H and O–H groups in total. The number of H-pyrrole nitrogens is 1. The van der Waals surface area contributed by atoms with Gasteiger partial charge in [-0.1, -0.05) is 0 Å². The molecule has 0 bridgehead atoms. The molecule has 0 spiro atoms. The van der Waals surface area contributed by atoms with E-state index in [2.05, 4.69) is 4.98 Å². The number of fused-ring (bicyclic) bond motifs is 1. The first-order chi connectivity index (χ1) is 8.63. The van der Waals surface area contributed by atoms with Gasteiger partial charge in [0.15, 0.2) is 0 Å². The van der Waals surface area contributed by atoms with Crippen molar-refractivity contribution in [3.63, 3.8) is 0 Å². The summed E-state index contributed by atoms with van der Waals surface area (Å²) in [5.74, 6) is -0.483. The molecular weight excluding hydrogens is 235 g/mol. The Bertz CT molecular complexity index is 608. The van der Waals surface area contributed by atoms with E-state index in [0.29, 0.717) is 30.7 Å². The van der Waals surface area contributed by atoms with Crippen molar-refractivity contribution >= 4 is 16.8 Å². The molecule has 2 aromatic rings. The fourth-order valence-electron chi connectivity index (χ4n) is 2.31. The third-order valence-corrected chi connectivity index (χ3v) is 3.27. The van der Waals surface area contributed by atoms with Crippen molar-refractivity contribution in [3.05, 3.63) is 35.8 Å². The Kier molecular flexibility index (Phi) is 2.56. The molecule has 0 saturated carbocycles. The molecule has 0 radical (unpaired) electrons. The maximum atomic E-state index is 13.1. The number of nitrogens with zero attached hydrogens (tertiary/aromatic N) is 1. The van der Waals surface area contributed by atoms with Crippen molar-refractivity contribution in [3.8, 4) is 0 Å². The van der Waals surface area contributed by atoms with E-state index in [1.54, 1.807) is 17.0 Å². The average molecular weight is 248 g/mol. The molecule has 94 valence electrons. The van der Waals surface area contributed by atoms with Gasteiger partial charge in [0, 0.05) is 24.0 Å². The molecule has 1 aliphatic rings. The van der Waals surface area contributed by atoms with Crippen LogP contribution in [-0.4, -0.2) is 40.1 Å². The number of aliphatic hydroxyl groups is 1. The lowest BCUT2D eigenvalue weighted by atomic mass is 10.2. The van der Waals surface area contributed by atoms with E-state index in [-0.39, 0.29) is 11.7 Å². The minimum absolute atomic E-state index is 0.150. The normalized spacial score (nSPS) is 19.7. The Labute approximate surface area is 103 Å². The van der Waals surface area contributed by atoms with Crippen LogP contribution in [0.5, 0.6) is 0 Å². The number of amides is 1. The van der Waals surface area contributed by atoms with Crippen LogP contribution in [0.4, 0.5) is 4.39 Å². The van der Waals surface area contributed by atoms with Crippen molar-refractivity contribution in [2.45, 2.75) is 12.5 Å². The molecule has 5 heteroatoms. The van der Waals surface area contributed by atoms with Crippen molar-refractivity contribution in [2.75, 3.05) is 13.1 Å². The first kappa shape index (κ1) is 11.2. The molecule has 1 fully saturated rings. The summed E-state index contributed by atoms with van der Waals surface area (Å²) in [5.41, 5.74) is 1.04. The highest BCUT2D eigenvalue weighted by molar-refractivity contribution is 5.98. The van der Waals surface area contributed by atoms with E-state index in [1.807, 2.05) is 0 Å². The number of halogens is 1. The third-order valence-electron chi connectivity index (χ3n) is 3.27. The van der Waals surface area contributed by atoms with Gasteiger partial charge in [-0.25, -0.2) is 4.39 Å². The van der Waals surface area contributed by atoms with Crippen LogP contribution in [0.25, 0.3) is 10.9 Å². The zero-order valence-corrected chi connectivity index (χ0v) is 9.69. The standard InChI is InChI=1S/C13H13FN2O2/c14-9-2-1-8-5-12(15-11(8)6-9)13(18)16-4-3-10(17)7-16/h1-2,5-6,10,15,17H,3-4,7H2/t10-/m1/s1. The quantitative estimate of drug-likeness (QED) is 0.803. The van der Waals surface area contributed by atoms with Crippen LogP contribution in [0.1, 0.15) is 16.9 Å². The van der Waals surface area contributed by atoms with Crippen molar-refractivity contribution < 1.29 is 14.3 Å². The fraction of sp³-hybridized carbons (Fsp3) is 0.308. The van der Waals surface area contributed by atoms with Gasteiger partial charge in [0.1, 0.15) is 11.5 Å². The van der Waals surface area contributed by atoms with Gasteiger partial charge in [0.25, 0.3) is 5.91 Å². The van der Waals surface area contributed by atoms with E-state index in [9.17, 15) is 14.3 Å². The van der Waals surface area contributed by atoms with Gasteiger partial charge in [0.2, 0.25) is 0 Å². The van der Waals surface area contributed by atoms with Crippen molar-refractivity contribution in [1.82, 2.24) is 9.88 Å². The first-order valence-corrected chi connectivity index (χ1v) is 5.89. The SMILES string of the molecule is O=C(c1cc2ccc(F)cc2[nH]1)N1CC[C@@H](O)C1. The monoisotopic (exact) mass is 248 g/mol. The zero-order valence-electron chi connectivity index (χ0n) is 9.69. The molecule has 1 aliphatic heterocycles. The summed E-state index contributed by atoms with van der Waals surface area (Å²) in [6.45, 7) is 0.923. The fourth-order valence-corrected chi connectivity index (χ4v) is 2.31. The van der Waals surface area contributed by atoms with Crippen LogP contribution in [0.15, 0.2) is 24.3 Å². The Morgan fingerprint density at radius 1 is 1.44 bits per heavy atom. The van der Waals surface area contributed by atoms with E-state index >= 15 is 0 Å². The predicted octanol–water partition coefficient (Wildman–Crippen LogP) is 1.51. The maximum Gasteiger partial charge on any atom is 0.270 e. The van der Waals surface area contributed by atoms with E-state index in [1.165, 1.54) is 12.1 Å². The van der Waals surface area contributed by atoms with E-state index in [0.717, 1.165) is 5.39 Å². The Balaban J connectivity index is 1.92. The molecule has 2 heterocycles. The van der Waals surface area contributed by atoms with Gasteiger partial charge >= 0.3 is 0 Å². The number of hydrogen-bond acceptors (Lipinski definition) is 2. The number of hydrogen-bond donors (Lipinski definition) is 2. The second-order valence-corrected chi connectivity index (χ2v) is 4.61. The van der Waals surface area contributed by atoms with Gasteiger partial charge in [-0.2, -0.15) is 0 Å². The highest BCUT2D eigenvalue weighted by Gasteiger charge is 2.26. The van der Waals surface area contributed by atoms with Crippen LogP contribution in [0.3, 0.4) is 0 Å². The average Bonchev–Trinajstić information content (AvgIpc) is 2.93. The summed E-state index contributed by atoms with van der Waals surface area (Å²) in [6.07, 6.45) is 0.177. The lowest BCUT2D eigenvalue weighted by Gasteiger charge is -2.13. The summed E-state index contributed by atoms with van der Waals surface area (Å²) in [7, 11) is 0. The molecule has 3 rings (SSSR count). The number of nitrogens with one attached hydrogen (secondary N) is 1. The molecule has 0 aliphatic carbocycles. The Morgan fingerprint density at radius 2 is 2.28 bits per heavy atom. The number of carbonyl (C=O) groups excluding carboxylic acids is 1. The maximum absolute atomic E-state index is 13.1. The molecule has 1 aromatic carbocycles. The van der Waals surface area contributed by atoms with Crippen LogP contribution in [0.2, 0.25) is 0 Å². The summed E-state index contributed by atoms with van der Waals surface area (Å²) >= 11 is 0. The van der Waals surface area contributed by atoms with Gasteiger partial charge in [-0.3, -0.25) is 4.79 Å². The van der Waals surface area contributed by atoms with Gasteiger partial charge in [-0.15, -0.1) is 0 Å². The smallest absolute Gasteiger partial charge is 0.270 e. The molecular formula is C13H13FN2O2. The summed E-state index contributed by atoms with van der Waals surface area (Å²) < 4.78 is 13.1. The molecule has 0 unspecified atom stereocenters. The lowest BCUT2D eigenvalue weighted by Crippen LogP contribution is -2.29. The topological polar surface area (TPSA) is 56.3 Å². The number of aliphatic hydroxyl groups excluding tert-OH is 1. The zero-order chi connectivity index (χ0) is 12.7. The lowest BCUT2D eigenvalue weighted by molar-refractivity contribution is 0.0760. The number of carbonyl (C=O) groups is 1. The molecule has 1 amide bonds. The number of rotatable bonds is 1. The molecule has 1 aromatic heterocycles. The van der Waals surface area contributed by atoms with Crippen molar-refractivity contribution in [2.24, 2.45) is 0 Å². The summed E-state index contributed by atoms with van der Waals surface area (Å²) in [4.78, 5) is 16.7. The van der Waals surface area contributed by atoms with Crippen LogP contribution >= 0.6 is 0 Å². The molecule has 18 heavy (non-hydrogen) atoms. The molecule has 4 nitrogen and oxygen atoms in total. The molecule has 1 saturated heterocycles. The predicted molar refractivity (Wildman–Crippen MR) is 64.8 cm³/mol. The van der Waals surface area contributed by atoms with Gasteiger partial charge in [-0.05, 0) is 30.7 Å². The van der Waals surface area contributed by atoms with Crippen molar-refractivity contribution in [1.29, 1.82) is 0 Å². The number of benzene rings is 1. The second-order valence-electron chi connectivity index (χ2n) is 4.61. The van der Waals surface area contributed by atoms with E-state index < -0.39 is 6.10 Å². The minimum atomic E-state index is -0.434. The highest BCUT2D eigenvalue weighted by atomic mass is 19.1. The summed E-state index contributed by atoms with van der Waals surface area (Å²) in [5, 5.41) is 10.2. The van der Waals surface area contributed by atoms with Crippen LogP contribution in [-0.2, 0) is 0 Å². The third kappa shape index (κ3) is 1.86. The van der Waals surface area contributed by atoms with E-state index in [4.69, 9.17) is 0 Å². The van der Waals surface area contributed by atoms with Crippen LogP contribution < -0.4 is 0 Å². The minimum Gasteiger partial charge on any atom is -0.391 e. The molecule has 1 atom stereocenters. The second kappa shape index (κ2) is 4.10. The largest absolute Gasteiger partial charge is 0.391 e. The van der Waals surface area contributed by atoms with Crippen LogP contribution in [0, 0.1) is 5.82 Å².